The molecule has 0 aromatic carbocycles. The third-order valence-corrected chi connectivity index (χ3v) is 7.04. The zero-order chi connectivity index (χ0) is 18.2. The molecule has 3 aromatic rings. The van der Waals surface area contributed by atoms with Crippen molar-refractivity contribution in [3.05, 3.63) is 23.0 Å². The van der Waals surface area contributed by atoms with Crippen LogP contribution in [-0.4, -0.2) is 36.7 Å². The molecule has 4 saturated carbocycles. The number of hydrogen-bond donors (Lipinski definition) is 2. The number of nitrogens with zero attached hydrogens (tertiary/aromatic N) is 4. The van der Waals surface area contributed by atoms with Crippen molar-refractivity contribution in [2.45, 2.75) is 43.7 Å². The number of aromatic nitrogens is 5. The molecule has 5 atom stereocenters. The second-order valence-corrected chi connectivity index (χ2v) is 8.51. The van der Waals surface area contributed by atoms with E-state index in [1.165, 1.54) is 0 Å². The van der Waals surface area contributed by atoms with E-state index in [9.17, 15) is 4.79 Å². The van der Waals surface area contributed by atoms with Gasteiger partial charge in [0.1, 0.15) is 12.1 Å². The lowest BCUT2D eigenvalue weighted by Gasteiger charge is -2.59. The normalized spacial score (nSPS) is 34.5. The molecule has 0 saturated heterocycles. The smallest absolute Gasteiger partial charge is 0.326 e. The third kappa shape index (κ3) is 2.03. The molecule has 0 aliphatic heterocycles. The van der Waals surface area contributed by atoms with Gasteiger partial charge in [0, 0.05) is 6.04 Å². The number of hydrogen-bond acceptors (Lipinski definition) is 5. The fraction of sp³-hybridized carbons (Fsp3) is 0.579. The Labute approximate surface area is 154 Å². The minimum absolute atomic E-state index is 0.0710. The Morgan fingerprint density at radius 1 is 1.30 bits per heavy atom. The van der Waals surface area contributed by atoms with E-state index in [-0.39, 0.29) is 23.9 Å². The molecule has 4 aliphatic rings. The molecule has 8 nitrogen and oxygen atoms in total. The summed E-state index contributed by atoms with van der Waals surface area (Å²) >= 11 is 0. The van der Waals surface area contributed by atoms with E-state index in [1.807, 2.05) is 4.57 Å². The number of nitrogens with one attached hydrogen (secondary N) is 2. The number of nitriles is 1. The molecular formula is C19H20N6O2. The molecule has 4 aliphatic carbocycles. The molecule has 138 valence electrons. The Morgan fingerprint density at radius 2 is 2.11 bits per heavy atom. The monoisotopic (exact) mass is 364 g/mol. The number of aromatic amines is 2. The van der Waals surface area contributed by atoms with E-state index < -0.39 is 0 Å². The molecule has 0 amide bonds. The van der Waals surface area contributed by atoms with Crippen LogP contribution < -0.4 is 5.69 Å². The SMILES string of the molecule is N#CCOC12CC3C[C@H](C1)C(n1c(=O)[nH]c4cnc5nc[nH]c5c41)[C@@H](C3)C2. The fourth-order valence-corrected chi connectivity index (χ4v) is 6.49. The summed E-state index contributed by atoms with van der Waals surface area (Å²) in [5.74, 6) is 1.45. The number of pyridine rings is 1. The van der Waals surface area contributed by atoms with Gasteiger partial charge >= 0.3 is 5.69 Å². The van der Waals surface area contributed by atoms with Gasteiger partial charge in [-0.1, -0.05) is 0 Å². The first-order valence-corrected chi connectivity index (χ1v) is 9.61. The van der Waals surface area contributed by atoms with Crippen LogP contribution in [0.25, 0.3) is 22.2 Å². The molecule has 4 bridgehead atoms. The van der Waals surface area contributed by atoms with Crippen LogP contribution in [0.5, 0.6) is 0 Å². The topological polar surface area (TPSA) is 112 Å². The minimum atomic E-state index is -0.163. The summed E-state index contributed by atoms with van der Waals surface area (Å²) < 4.78 is 8.01. The summed E-state index contributed by atoms with van der Waals surface area (Å²) in [5.41, 5.74) is 2.85. The second-order valence-electron chi connectivity index (χ2n) is 8.51. The summed E-state index contributed by atoms with van der Waals surface area (Å²) in [6.45, 7) is 0.157. The maximum absolute atomic E-state index is 13.0. The van der Waals surface area contributed by atoms with Gasteiger partial charge in [0.15, 0.2) is 5.65 Å². The van der Waals surface area contributed by atoms with Gasteiger partial charge in [0.05, 0.1) is 35.2 Å². The molecule has 0 radical (unpaired) electrons. The minimum Gasteiger partial charge on any atom is -0.360 e. The van der Waals surface area contributed by atoms with Crippen LogP contribution in [0, 0.1) is 29.1 Å². The average Bonchev–Trinajstić information content (AvgIpc) is 3.23. The summed E-state index contributed by atoms with van der Waals surface area (Å²) in [6.07, 6.45) is 8.52. The maximum atomic E-state index is 13.0. The van der Waals surface area contributed by atoms with Gasteiger partial charge in [-0.05, 0) is 49.9 Å². The van der Waals surface area contributed by atoms with E-state index in [0.29, 0.717) is 23.4 Å². The molecule has 4 fully saturated rings. The number of imidazole rings is 2. The van der Waals surface area contributed by atoms with Crippen molar-refractivity contribution in [3.63, 3.8) is 0 Å². The Hall–Kier alpha value is -2.66. The Morgan fingerprint density at radius 3 is 2.89 bits per heavy atom. The van der Waals surface area contributed by atoms with Crippen LogP contribution in [0.15, 0.2) is 17.3 Å². The van der Waals surface area contributed by atoms with Crippen molar-refractivity contribution in [1.29, 1.82) is 5.26 Å². The molecular weight excluding hydrogens is 344 g/mol. The molecule has 27 heavy (non-hydrogen) atoms. The van der Waals surface area contributed by atoms with Gasteiger partial charge < -0.3 is 14.7 Å². The summed E-state index contributed by atoms with van der Waals surface area (Å²) in [4.78, 5) is 27.7. The molecule has 3 aromatic heterocycles. The van der Waals surface area contributed by atoms with Crippen molar-refractivity contribution in [2.75, 3.05) is 6.61 Å². The number of rotatable bonds is 3. The van der Waals surface area contributed by atoms with Crippen molar-refractivity contribution in [1.82, 2.24) is 24.5 Å². The average molecular weight is 364 g/mol. The van der Waals surface area contributed by atoms with Crippen LogP contribution in [0.4, 0.5) is 0 Å². The third-order valence-electron chi connectivity index (χ3n) is 7.04. The van der Waals surface area contributed by atoms with Gasteiger partial charge in [-0.25, -0.2) is 14.8 Å². The molecule has 2 N–H and O–H groups in total. The molecule has 0 spiro atoms. The first-order valence-electron chi connectivity index (χ1n) is 9.61. The van der Waals surface area contributed by atoms with Gasteiger partial charge in [-0.15, -0.1) is 0 Å². The Kier molecular flexibility index (Phi) is 2.97. The van der Waals surface area contributed by atoms with Crippen LogP contribution >= 0.6 is 0 Å². The molecule has 3 unspecified atom stereocenters. The van der Waals surface area contributed by atoms with Crippen LogP contribution in [0.3, 0.4) is 0 Å². The first kappa shape index (κ1) is 15.4. The number of ether oxygens (including phenoxy) is 1. The fourth-order valence-electron chi connectivity index (χ4n) is 6.49. The highest BCUT2D eigenvalue weighted by atomic mass is 16.5. The van der Waals surface area contributed by atoms with E-state index in [1.54, 1.807) is 12.5 Å². The predicted molar refractivity (Wildman–Crippen MR) is 96.9 cm³/mol. The second kappa shape index (κ2) is 5.20. The molecule has 3 heterocycles. The molecule has 8 heteroatoms. The summed E-state index contributed by atoms with van der Waals surface area (Å²) in [5, 5.41) is 8.97. The van der Waals surface area contributed by atoms with Crippen molar-refractivity contribution < 1.29 is 4.74 Å². The van der Waals surface area contributed by atoms with Crippen molar-refractivity contribution >= 4 is 22.2 Å². The standard InChI is InChI=1S/C19H20N6O2/c20-1-2-27-19-5-10-3-11(6-19)15(12(4-10)7-19)25-16-13(24-18(25)26)8-21-17-14(16)22-9-23-17/h8-12,15H,2-7H2,(H,24,26)(H,21,22,23)/t10?,11-,12+,15?,19?. The number of fused-ring (bicyclic) bond motifs is 3. The van der Waals surface area contributed by atoms with Crippen LogP contribution in [-0.2, 0) is 4.74 Å². The lowest BCUT2D eigenvalue weighted by atomic mass is 9.52. The lowest BCUT2D eigenvalue weighted by molar-refractivity contribution is -0.172. The summed E-state index contributed by atoms with van der Waals surface area (Å²) in [7, 11) is 0. The van der Waals surface area contributed by atoms with E-state index in [0.717, 1.165) is 48.7 Å². The van der Waals surface area contributed by atoms with Crippen molar-refractivity contribution in [2.24, 2.45) is 17.8 Å². The van der Waals surface area contributed by atoms with Gasteiger partial charge in [0.2, 0.25) is 0 Å². The lowest BCUT2D eigenvalue weighted by Crippen LogP contribution is -2.57. The highest BCUT2D eigenvalue weighted by molar-refractivity contribution is 5.98. The first-order chi connectivity index (χ1) is 13.2. The highest BCUT2D eigenvalue weighted by Gasteiger charge is 2.57. The van der Waals surface area contributed by atoms with Crippen LogP contribution in [0.1, 0.15) is 38.1 Å². The van der Waals surface area contributed by atoms with Crippen LogP contribution in [0.2, 0.25) is 0 Å². The van der Waals surface area contributed by atoms with E-state index in [4.69, 9.17) is 10.00 Å². The zero-order valence-corrected chi connectivity index (χ0v) is 14.8. The zero-order valence-electron chi connectivity index (χ0n) is 14.8. The van der Waals surface area contributed by atoms with Gasteiger partial charge in [-0.3, -0.25) is 4.57 Å². The Bertz CT molecular complexity index is 1130. The summed E-state index contributed by atoms with van der Waals surface area (Å²) in [6, 6.07) is 2.29. The predicted octanol–water partition coefficient (Wildman–Crippen LogP) is 2.26. The Balaban J connectivity index is 1.49. The van der Waals surface area contributed by atoms with Gasteiger partial charge in [-0.2, -0.15) is 5.26 Å². The van der Waals surface area contributed by atoms with E-state index in [2.05, 4.69) is 26.0 Å². The maximum Gasteiger partial charge on any atom is 0.326 e. The van der Waals surface area contributed by atoms with Crippen molar-refractivity contribution in [3.8, 4) is 6.07 Å². The largest absolute Gasteiger partial charge is 0.360 e. The quantitative estimate of drug-likeness (QED) is 0.740. The molecule has 7 rings (SSSR count). The highest BCUT2D eigenvalue weighted by Crippen LogP contribution is 2.61. The van der Waals surface area contributed by atoms with Gasteiger partial charge in [0.25, 0.3) is 0 Å². The number of H-pyrrole nitrogens is 2. The van der Waals surface area contributed by atoms with E-state index >= 15 is 0 Å².